The molecule has 0 aliphatic heterocycles. The lowest BCUT2D eigenvalue weighted by molar-refractivity contribution is -0.123. The predicted molar refractivity (Wildman–Crippen MR) is 216 cm³/mol. The first-order valence-electron chi connectivity index (χ1n) is 20.3. The fourth-order valence-electron chi connectivity index (χ4n) is 5.52. The lowest BCUT2D eigenvalue weighted by Gasteiger charge is -2.19. The maximum Gasteiger partial charge on any atom is 0.220 e. The van der Waals surface area contributed by atoms with Crippen LogP contribution in [0.2, 0.25) is 0 Å². The highest BCUT2D eigenvalue weighted by molar-refractivity contribution is 5.76. The largest absolute Gasteiger partial charge is 0.394 e. The van der Waals surface area contributed by atoms with Gasteiger partial charge >= 0.3 is 0 Å². The number of carbonyl (C=O) groups excluding carboxylic acids is 1. The summed E-state index contributed by atoms with van der Waals surface area (Å²) in [7, 11) is 0. The number of aliphatic hydroxyl groups excluding tert-OH is 2. The third-order valence-electron chi connectivity index (χ3n) is 8.63. The standard InChI is InChI=1S/C45H77NO3/c1-3-5-7-9-10-11-12-13-14-15-16-17-18-19-20-21-22-23-24-25-26-27-28-29-30-31-32-33-34-35-36-37-39-41-45(49)46-43(42-47)44(48)40-38-8-6-4-2/h5,7,10-11,13-14,16-17,19-20,22-23,38,40,43-44,47-48H,3-4,6,8-9,12,15,18,21,24-37,39,41-42H2,1-2H3,(H,46,49)/b7-5-,11-10-,14-13-,17-16-,20-19-,23-22-,40-38+. The molecule has 0 aliphatic carbocycles. The van der Waals surface area contributed by atoms with Crippen molar-refractivity contribution in [2.75, 3.05) is 6.61 Å². The molecule has 0 saturated heterocycles. The summed E-state index contributed by atoms with van der Waals surface area (Å²) >= 11 is 0. The molecular weight excluding hydrogens is 602 g/mol. The number of allylic oxidation sites excluding steroid dienone is 13. The molecule has 0 saturated carbocycles. The van der Waals surface area contributed by atoms with Gasteiger partial charge in [-0.3, -0.25) is 4.79 Å². The van der Waals surface area contributed by atoms with Crippen LogP contribution in [0.1, 0.15) is 174 Å². The van der Waals surface area contributed by atoms with E-state index in [2.05, 4.69) is 92.1 Å². The van der Waals surface area contributed by atoms with E-state index in [1.165, 1.54) is 83.5 Å². The Morgan fingerprint density at radius 3 is 1.33 bits per heavy atom. The van der Waals surface area contributed by atoms with Crippen molar-refractivity contribution in [1.82, 2.24) is 5.32 Å². The molecule has 3 N–H and O–H groups in total. The molecule has 0 fully saturated rings. The van der Waals surface area contributed by atoms with Gasteiger partial charge in [0.1, 0.15) is 0 Å². The quantitative estimate of drug-likeness (QED) is 0.0461. The van der Waals surface area contributed by atoms with Crippen molar-refractivity contribution >= 4 is 5.91 Å². The molecule has 0 heterocycles. The number of unbranched alkanes of at least 4 members (excludes halogenated alkanes) is 16. The summed E-state index contributed by atoms with van der Waals surface area (Å²) < 4.78 is 0. The Labute approximate surface area is 303 Å². The summed E-state index contributed by atoms with van der Waals surface area (Å²) in [6.07, 6.45) is 58.8. The molecule has 2 atom stereocenters. The van der Waals surface area contributed by atoms with Crippen LogP contribution in [0.5, 0.6) is 0 Å². The summed E-state index contributed by atoms with van der Waals surface area (Å²) in [5, 5.41) is 22.5. The van der Waals surface area contributed by atoms with Crippen molar-refractivity contribution < 1.29 is 15.0 Å². The zero-order valence-electron chi connectivity index (χ0n) is 31.9. The van der Waals surface area contributed by atoms with Crippen molar-refractivity contribution in [2.24, 2.45) is 0 Å². The third-order valence-corrected chi connectivity index (χ3v) is 8.63. The van der Waals surface area contributed by atoms with Gasteiger partial charge in [0.25, 0.3) is 0 Å². The van der Waals surface area contributed by atoms with E-state index in [9.17, 15) is 15.0 Å². The molecule has 0 radical (unpaired) electrons. The molecule has 0 aromatic carbocycles. The lowest BCUT2D eigenvalue weighted by atomic mass is 10.0. The molecule has 0 spiro atoms. The molecule has 1 amide bonds. The maximum absolute atomic E-state index is 12.2. The Kier molecular flexibility index (Phi) is 38.0. The number of rotatable bonds is 35. The van der Waals surface area contributed by atoms with E-state index in [1.807, 2.05) is 6.08 Å². The van der Waals surface area contributed by atoms with Crippen LogP contribution in [0.3, 0.4) is 0 Å². The molecule has 0 aliphatic rings. The molecule has 49 heavy (non-hydrogen) atoms. The van der Waals surface area contributed by atoms with Gasteiger partial charge in [0.2, 0.25) is 5.91 Å². The van der Waals surface area contributed by atoms with Gasteiger partial charge in [-0.25, -0.2) is 0 Å². The second kappa shape index (κ2) is 40.0. The van der Waals surface area contributed by atoms with Gasteiger partial charge in [-0.15, -0.1) is 0 Å². The first-order valence-corrected chi connectivity index (χ1v) is 20.3. The van der Waals surface area contributed by atoms with Crippen molar-refractivity contribution in [3.8, 4) is 0 Å². The van der Waals surface area contributed by atoms with Gasteiger partial charge < -0.3 is 15.5 Å². The monoisotopic (exact) mass is 680 g/mol. The van der Waals surface area contributed by atoms with E-state index in [1.54, 1.807) is 6.08 Å². The van der Waals surface area contributed by atoms with Crippen LogP contribution >= 0.6 is 0 Å². The minimum absolute atomic E-state index is 0.0788. The Hall–Kier alpha value is -2.43. The van der Waals surface area contributed by atoms with Crippen molar-refractivity contribution in [3.05, 3.63) is 85.1 Å². The highest BCUT2D eigenvalue weighted by Gasteiger charge is 2.17. The second-order valence-corrected chi connectivity index (χ2v) is 13.3. The average molecular weight is 680 g/mol. The van der Waals surface area contributed by atoms with E-state index in [-0.39, 0.29) is 12.5 Å². The Balaban J connectivity index is 3.47. The molecule has 4 heteroatoms. The van der Waals surface area contributed by atoms with Crippen LogP contribution in [0.25, 0.3) is 0 Å². The summed E-state index contributed by atoms with van der Waals surface area (Å²) in [4.78, 5) is 12.2. The molecule has 280 valence electrons. The SMILES string of the molecule is CC/C=C\C/C=C\C/C=C\C/C=C\C/C=C\C/C=C\CCCCCCCCCCCCCCCCC(=O)NC(CO)C(O)/C=C/CCCC. The van der Waals surface area contributed by atoms with Gasteiger partial charge in [0.15, 0.2) is 0 Å². The van der Waals surface area contributed by atoms with Crippen molar-refractivity contribution in [2.45, 2.75) is 187 Å². The Morgan fingerprint density at radius 2 is 0.898 bits per heavy atom. The highest BCUT2D eigenvalue weighted by atomic mass is 16.3. The summed E-state index contributed by atoms with van der Waals surface area (Å²) in [6.45, 7) is 4.04. The van der Waals surface area contributed by atoms with Crippen molar-refractivity contribution in [1.29, 1.82) is 0 Å². The van der Waals surface area contributed by atoms with E-state index < -0.39 is 12.1 Å². The van der Waals surface area contributed by atoms with Crippen LogP contribution in [0.15, 0.2) is 85.1 Å². The molecule has 0 aromatic rings. The van der Waals surface area contributed by atoms with Gasteiger partial charge in [-0.1, -0.05) is 189 Å². The molecule has 0 bridgehead atoms. The first-order chi connectivity index (χ1) is 24.2. The van der Waals surface area contributed by atoms with E-state index in [0.29, 0.717) is 6.42 Å². The average Bonchev–Trinajstić information content (AvgIpc) is 3.11. The molecule has 0 rings (SSSR count). The number of hydrogen-bond donors (Lipinski definition) is 3. The van der Waals surface area contributed by atoms with Crippen molar-refractivity contribution in [3.63, 3.8) is 0 Å². The lowest BCUT2D eigenvalue weighted by Crippen LogP contribution is -2.45. The Morgan fingerprint density at radius 1 is 0.510 bits per heavy atom. The number of aliphatic hydroxyl groups is 2. The zero-order chi connectivity index (χ0) is 35.7. The fourth-order valence-corrected chi connectivity index (χ4v) is 5.52. The number of hydrogen-bond acceptors (Lipinski definition) is 3. The van der Waals surface area contributed by atoms with Gasteiger partial charge in [0.05, 0.1) is 18.8 Å². The summed E-state index contributed by atoms with van der Waals surface area (Å²) in [6, 6.07) is -0.621. The predicted octanol–water partition coefficient (Wildman–Crippen LogP) is 12.5. The summed E-state index contributed by atoms with van der Waals surface area (Å²) in [5.41, 5.74) is 0. The number of carbonyl (C=O) groups is 1. The maximum atomic E-state index is 12.2. The van der Waals surface area contributed by atoms with E-state index in [0.717, 1.165) is 70.6 Å². The molecule has 0 aromatic heterocycles. The minimum atomic E-state index is -0.838. The van der Waals surface area contributed by atoms with Gasteiger partial charge in [0, 0.05) is 6.42 Å². The Bertz CT molecular complexity index is 910. The number of nitrogens with one attached hydrogen (secondary N) is 1. The molecule has 2 unspecified atom stereocenters. The van der Waals surface area contributed by atoms with Gasteiger partial charge in [-0.2, -0.15) is 0 Å². The van der Waals surface area contributed by atoms with E-state index >= 15 is 0 Å². The first kappa shape index (κ1) is 46.6. The summed E-state index contributed by atoms with van der Waals surface area (Å²) in [5.74, 6) is -0.0788. The highest BCUT2D eigenvalue weighted by Crippen LogP contribution is 2.14. The van der Waals surface area contributed by atoms with E-state index in [4.69, 9.17) is 0 Å². The normalized spacial score (nSPS) is 14.0. The van der Waals surface area contributed by atoms with Crippen LogP contribution in [-0.2, 0) is 4.79 Å². The third kappa shape index (κ3) is 36.7. The number of amides is 1. The molecule has 4 nitrogen and oxygen atoms in total. The van der Waals surface area contributed by atoms with Gasteiger partial charge in [-0.05, 0) is 64.2 Å². The smallest absolute Gasteiger partial charge is 0.220 e. The second-order valence-electron chi connectivity index (χ2n) is 13.3. The van der Waals surface area contributed by atoms with Crippen LogP contribution in [-0.4, -0.2) is 34.9 Å². The van der Waals surface area contributed by atoms with Crippen LogP contribution in [0.4, 0.5) is 0 Å². The van der Waals surface area contributed by atoms with Crippen LogP contribution in [0, 0.1) is 0 Å². The zero-order valence-corrected chi connectivity index (χ0v) is 31.9. The minimum Gasteiger partial charge on any atom is -0.394 e. The topological polar surface area (TPSA) is 69.6 Å². The molecular formula is C45H77NO3. The fraction of sp³-hybridized carbons (Fsp3) is 0.667. The van der Waals surface area contributed by atoms with Crippen LogP contribution < -0.4 is 5.32 Å².